The molecule has 0 unspecified atom stereocenters. The first-order valence-corrected chi connectivity index (χ1v) is 6.53. The van der Waals surface area contributed by atoms with Crippen molar-refractivity contribution in [1.29, 1.82) is 0 Å². The van der Waals surface area contributed by atoms with Gasteiger partial charge in [0.2, 0.25) is 4.77 Å². The van der Waals surface area contributed by atoms with Crippen LogP contribution in [-0.2, 0) is 4.79 Å². The number of nitrogens with zero attached hydrogens (tertiary/aromatic N) is 2. The molecule has 6 nitrogen and oxygen atoms in total. The van der Waals surface area contributed by atoms with E-state index in [9.17, 15) is 9.59 Å². The lowest BCUT2D eigenvalue weighted by molar-refractivity contribution is -0.137. The highest BCUT2D eigenvalue weighted by molar-refractivity contribution is 7.71. The van der Waals surface area contributed by atoms with E-state index >= 15 is 0 Å². The highest BCUT2D eigenvalue weighted by Gasteiger charge is 2.31. The largest absolute Gasteiger partial charge is 0.481 e. The second-order valence-electron chi connectivity index (χ2n) is 4.56. The third kappa shape index (κ3) is 1.96. The zero-order valence-corrected chi connectivity index (χ0v) is 11.2. The number of carboxylic acids is 1. The summed E-state index contributed by atoms with van der Waals surface area (Å²) in [5, 5.41) is 12.6. The van der Waals surface area contributed by atoms with E-state index in [-0.39, 0.29) is 23.5 Å². The van der Waals surface area contributed by atoms with Crippen LogP contribution in [0.15, 0.2) is 24.3 Å². The van der Waals surface area contributed by atoms with Gasteiger partial charge in [0.25, 0.3) is 5.91 Å². The molecule has 20 heavy (non-hydrogen) atoms. The van der Waals surface area contributed by atoms with E-state index in [1.807, 2.05) is 24.3 Å². The van der Waals surface area contributed by atoms with Crippen LogP contribution in [0, 0.1) is 4.77 Å². The number of nitrogens with one attached hydrogen (secondary N) is 1. The Morgan fingerprint density at radius 3 is 2.95 bits per heavy atom. The van der Waals surface area contributed by atoms with E-state index in [4.69, 9.17) is 17.3 Å². The van der Waals surface area contributed by atoms with Crippen molar-refractivity contribution in [3.63, 3.8) is 0 Å². The molecular formula is C13H11N3O3S. The lowest BCUT2D eigenvalue weighted by Crippen LogP contribution is -2.25. The molecule has 2 heterocycles. The van der Waals surface area contributed by atoms with Gasteiger partial charge in [-0.05, 0) is 30.8 Å². The fourth-order valence-electron chi connectivity index (χ4n) is 2.33. The predicted octanol–water partition coefficient (Wildman–Crippen LogP) is 2.06. The van der Waals surface area contributed by atoms with Crippen LogP contribution in [0.3, 0.4) is 0 Å². The molecule has 1 atom stereocenters. The first-order valence-electron chi connectivity index (χ1n) is 6.12. The third-order valence-electron chi connectivity index (χ3n) is 3.27. The Bertz CT molecular complexity index is 784. The van der Waals surface area contributed by atoms with Crippen LogP contribution in [0.5, 0.6) is 0 Å². The molecule has 2 aromatic rings. The molecule has 1 aromatic heterocycles. The van der Waals surface area contributed by atoms with E-state index < -0.39 is 12.0 Å². The van der Waals surface area contributed by atoms with Gasteiger partial charge in [-0.2, -0.15) is 0 Å². The molecule has 1 aliphatic heterocycles. The van der Waals surface area contributed by atoms with Gasteiger partial charge in [0.1, 0.15) is 11.9 Å². The minimum Gasteiger partial charge on any atom is -0.481 e. The second kappa shape index (κ2) is 4.68. The third-order valence-corrected chi connectivity index (χ3v) is 3.54. The number of aliphatic carboxylic acids is 1. The van der Waals surface area contributed by atoms with Crippen molar-refractivity contribution in [2.75, 3.05) is 5.32 Å². The van der Waals surface area contributed by atoms with Crippen LogP contribution in [0.2, 0.25) is 0 Å². The van der Waals surface area contributed by atoms with Gasteiger partial charge in [-0.25, -0.2) is 9.55 Å². The number of rotatable bonds is 3. The highest BCUT2D eigenvalue weighted by atomic mass is 32.1. The number of fused-ring (bicyclic) bond motifs is 3. The molecule has 1 aliphatic rings. The van der Waals surface area contributed by atoms with Crippen molar-refractivity contribution in [2.45, 2.75) is 18.9 Å². The zero-order chi connectivity index (χ0) is 14.3. The molecule has 0 fully saturated rings. The van der Waals surface area contributed by atoms with Crippen LogP contribution in [-0.4, -0.2) is 32.6 Å². The smallest absolute Gasteiger partial charge is 0.303 e. The molecular weight excluding hydrogens is 278 g/mol. The monoisotopic (exact) mass is 289 g/mol. The van der Waals surface area contributed by atoms with Crippen LogP contribution in [0.25, 0.3) is 10.9 Å². The van der Waals surface area contributed by atoms with Gasteiger partial charge < -0.3 is 10.4 Å². The van der Waals surface area contributed by atoms with Gasteiger partial charge >= 0.3 is 5.97 Å². The summed E-state index contributed by atoms with van der Waals surface area (Å²) in [5.74, 6) is -0.576. The van der Waals surface area contributed by atoms with Crippen molar-refractivity contribution in [3.8, 4) is 0 Å². The number of hydrogen-bond donors (Lipinski definition) is 2. The average Bonchev–Trinajstić information content (AvgIpc) is 2.75. The minimum absolute atomic E-state index is 0.0733. The van der Waals surface area contributed by atoms with Crippen molar-refractivity contribution >= 4 is 40.8 Å². The second-order valence-corrected chi connectivity index (χ2v) is 4.93. The SMILES string of the molecule is O=C(O)CC[C@H]1Nc2c3ccccc3nc(=S)n2C1=O. The van der Waals surface area contributed by atoms with Crippen LogP contribution in [0.4, 0.5) is 5.82 Å². The Morgan fingerprint density at radius 1 is 1.45 bits per heavy atom. The fraction of sp³-hybridized carbons (Fsp3) is 0.231. The van der Waals surface area contributed by atoms with E-state index in [0.717, 1.165) is 5.39 Å². The minimum atomic E-state index is -0.929. The van der Waals surface area contributed by atoms with Gasteiger partial charge in [-0.15, -0.1) is 0 Å². The topological polar surface area (TPSA) is 84.2 Å². The summed E-state index contributed by atoms with van der Waals surface area (Å²) in [4.78, 5) is 27.1. The van der Waals surface area contributed by atoms with Crippen molar-refractivity contribution in [3.05, 3.63) is 29.0 Å². The van der Waals surface area contributed by atoms with Gasteiger partial charge in [0, 0.05) is 11.8 Å². The summed E-state index contributed by atoms with van der Waals surface area (Å²) in [6, 6.07) is 6.80. The fourth-order valence-corrected chi connectivity index (χ4v) is 2.61. The number of hydrogen-bond acceptors (Lipinski definition) is 5. The molecule has 102 valence electrons. The quantitative estimate of drug-likeness (QED) is 0.841. The van der Waals surface area contributed by atoms with Crippen LogP contribution >= 0.6 is 12.2 Å². The number of benzene rings is 1. The molecule has 0 amide bonds. The molecule has 2 N–H and O–H groups in total. The number of carbonyl (C=O) groups excluding carboxylic acids is 1. The maximum Gasteiger partial charge on any atom is 0.303 e. The molecule has 3 rings (SSSR count). The first kappa shape index (κ1) is 12.7. The van der Waals surface area contributed by atoms with Gasteiger partial charge in [-0.3, -0.25) is 9.59 Å². The summed E-state index contributed by atoms with van der Waals surface area (Å²) in [7, 11) is 0. The molecule has 0 aliphatic carbocycles. The van der Waals surface area contributed by atoms with E-state index in [1.54, 1.807) is 0 Å². The number of carboxylic acid groups (broad SMARTS) is 1. The summed E-state index contributed by atoms with van der Waals surface area (Å²) in [6.07, 6.45) is 0.148. The lowest BCUT2D eigenvalue weighted by Gasteiger charge is -2.06. The normalized spacial score (nSPS) is 17.0. The molecule has 0 saturated carbocycles. The van der Waals surface area contributed by atoms with Crippen molar-refractivity contribution < 1.29 is 14.7 Å². The van der Waals surface area contributed by atoms with Gasteiger partial charge in [0.15, 0.2) is 0 Å². The summed E-state index contributed by atoms with van der Waals surface area (Å²) in [6.45, 7) is 0. The first-order chi connectivity index (χ1) is 9.58. The summed E-state index contributed by atoms with van der Waals surface area (Å²) < 4.78 is 1.54. The number of aromatic nitrogens is 2. The van der Waals surface area contributed by atoms with Gasteiger partial charge in [0.05, 0.1) is 5.52 Å². The zero-order valence-electron chi connectivity index (χ0n) is 10.4. The standard InChI is InChI=1S/C13H11N3O3S/c17-10(18)6-5-9-12(19)16-11(14-9)7-3-1-2-4-8(7)15-13(16)20/h1-4,9,14H,5-6H2,(H,17,18)/t9-/m1/s1. The van der Waals surface area contributed by atoms with Crippen molar-refractivity contribution in [2.24, 2.45) is 0 Å². The molecule has 0 radical (unpaired) electrons. The van der Waals surface area contributed by atoms with Crippen molar-refractivity contribution in [1.82, 2.24) is 9.55 Å². The molecule has 1 aromatic carbocycles. The number of para-hydroxylation sites is 1. The maximum absolute atomic E-state index is 12.3. The molecule has 7 heteroatoms. The van der Waals surface area contributed by atoms with E-state index in [2.05, 4.69) is 10.3 Å². The summed E-state index contributed by atoms with van der Waals surface area (Å²) >= 11 is 5.15. The van der Waals surface area contributed by atoms with E-state index in [0.29, 0.717) is 11.3 Å². The maximum atomic E-state index is 12.3. The molecule has 0 bridgehead atoms. The Morgan fingerprint density at radius 2 is 2.20 bits per heavy atom. The van der Waals surface area contributed by atoms with Gasteiger partial charge in [-0.1, -0.05) is 12.1 Å². The predicted molar refractivity (Wildman–Crippen MR) is 75.5 cm³/mol. The van der Waals surface area contributed by atoms with Crippen LogP contribution < -0.4 is 5.32 Å². The Kier molecular flexibility index (Phi) is 2.98. The Balaban J connectivity index is 2.08. The Labute approximate surface area is 119 Å². The summed E-state index contributed by atoms with van der Waals surface area (Å²) in [5.41, 5.74) is 0.711. The Hall–Kier alpha value is -2.28. The number of anilines is 1. The average molecular weight is 289 g/mol. The van der Waals surface area contributed by atoms with E-state index in [1.165, 1.54) is 4.57 Å². The van der Waals surface area contributed by atoms with Crippen LogP contribution in [0.1, 0.15) is 17.6 Å². The molecule has 0 spiro atoms. The number of carbonyl (C=O) groups is 2. The lowest BCUT2D eigenvalue weighted by atomic mass is 10.1. The highest BCUT2D eigenvalue weighted by Crippen LogP contribution is 2.28. The molecule has 0 saturated heterocycles.